The first kappa shape index (κ1) is 12.2. The van der Waals surface area contributed by atoms with Crippen LogP contribution in [0.25, 0.3) is 0 Å². The number of aliphatic carboxylic acids is 1. The maximum Gasteiger partial charge on any atom is 0.320 e. The van der Waals surface area contributed by atoms with Crippen molar-refractivity contribution in [2.75, 3.05) is 17.6 Å². The Hall–Kier alpha value is -1.83. The third-order valence-electron chi connectivity index (χ3n) is 1.53. The third-order valence-corrected chi connectivity index (χ3v) is 2.71. The van der Waals surface area contributed by atoms with Crippen LogP contribution in [0.2, 0.25) is 0 Å². The Kier molecular flexibility index (Phi) is 3.67. The van der Waals surface area contributed by atoms with Crippen molar-refractivity contribution < 1.29 is 23.1 Å². The van der Waals surface area contributed by atoms with Gasteiger partial charge >= 0.3 is 5.97 Å². The van der Waals surface area contributed by atoms with Gasteiger partial charge in [0.15, 0.2) is 5.75 Å². The van der Waals surface area contributed by atoms with E-state index >= 15 is 0 Å². The van der Waals surface area contributed by atoms with Gasteiger partial charge in [0.25, 0.3) is 0 Å². The summed E-state index contributed by atoms with van der Waals surface area (Å²) < 4.78 is 29.3. The molecule has 0 amide bonds. The number of carboxylic acids is 1. The first-order valence-corrected chi connectivity index (χ1v) is 5.80. The highest BCUT2D eigenvalue weighted by Gasteiger charge is 2.15. The lowest BCUT2D eigenvalue weighted by Gasteiger charge is -2.05. The molecule has 1 aromatic heterocycles. The van der Waals surface area contributed by atoms with Crippen molar-refractivity contribution in [2.24, 2.45) is 0 Å². The van der Waals surface area contributed by atoms with E-state index in [1.54, 1.807) is 0 Å². The predicted molar refractivity (Wildman–Crippen MR) is 55.8 cm³/mol. The molecule has 0 aliphatic rings. The number of carbonyl (C=O) groups is 1. The molecule has 0 spiro atoms. The summed E-state index contributed by atoms with van der Waals surface area (Å²) >= 11 is 0. The lowest BCUT2D eigenvalue weighted by molar-refractivity contribution is -0.134. The van der Waals surface area contributed by atoms with Crippen LogP contribution in [0, 0.1) is 0 Å². The van der Waals surface area contributed by atoms with E-state index in [9.17, 15) is 13.2 Å². The Morgan fingerprint density at radius 2 is 2.25 bits per heavy atom. The quantitative estimate of drug-likeness (QED) is 0.752. The van der Waals surface area contributed by atoms with Gasteiger partial charge in [-0.05, 0) is 6.07 Å². The van der Waals surface area contributed by atoms with Crippen molar-refractivity contribution >= 4 is 21.7 Å². The lowest BCUT2D eigenvalue weighted by Crippen LogP contribution is -2.22. The molecule has 2 N–H and O–H groups in total. The minimum absolute atomic E-state index is 0.182. The number of ether oxygens (including phenoxy) is 1. The Bertz CT molecular complexity index is 468. The topological polar surface area (TPSA) is 106 Å². The highest BCUT2D eigenvalue weighted by Crippen LogP contribution is 2.12. The van der Waals surface area contributed by atoms with Gasteiger partial charge in [0.1, 0.15) is 0 Å². The first-order chi connectivity index (χ1) is 7.43. The summed E-state index contributed by atoms with van der Waals surface area (Å²) in [5, 5.41) is 8.35. The van der Waals surface area contributed by atoms with Crippen molar-refractivity contribution in [1.29, 1.82) is 0 Å². The second-order valence-electron chi connectivity index (χ2n) is 2.84. The molecule has 0 aliphatic carbocycles. The zero-order chi connectivity index (χ0) is 12.2. The summed E-state index contributed by atoms with van der Waals surface area (Å²) in [6.45, 7) is 0. The molecule has 8 heteroatoms. The number of hydrogen-bond acceptors (Lipinski definition) is 5. The van der Waals surface area contributed by atoms with Gasteiger partial charge in [-0.15, -0.1) is 0 Å². The minimum atomic E-state index is -3.88. The molecule has 1 heterocycles. The number of anilines is 1. The van der Waals surface area contributed by atoms with Gasteiger partial charge in [-0.25, -0.2) is 13.4 Å². The molecule has 7 nitrogen and oxygen atoms in total. The number of aromatic nitrogens is 1. The minimum Gasteiger partial charge on any atom is -0.481 e. The van der Waals surface area contributed by atoms with Crippen molar-refractivity contribution in [3.8, 4) is 5.88 Å². The molecule has 0 unspecified atom stereocenters. The molecule has 1 aromatic rings. The van der Waals surface area contributed by atoms with Gasteiger partial charge < -0.3 is 9.84 Å². The average molecular weight is 246 g/mol. The summed E-state index contributed by atoms with van der Waals surface area (Å²) in [6.07, 6.45) is 1.23. The third kappa shape index (κ3) is 3.73. The molecule has 0 fully saturated rings. The second-order valence-corrected chi connectivity index (χ2v) is 4.57. The molecule has 0 radical (unpaired) electrons. The zero-order valence-corrected chi connectivity index (χ0v) is 9.19. The standard InChI is InChI=1S/C8H10N2O5S/c1-15-7-3-2-6(4-9-7)10-16(13,14)5-8(11)12/h2-4,10H,5H2,1H3,(H,11,12). The van der Waals surface area contributed by atoms with Gasteiger partial charge in [0.05, 0.1) is 19.0 Å². The Balaban J connectivity index is 2.76. The molecule has 88 valence electrons. The highest BCUT2D eigenvalue weighted by molar-refractivity contribution is 7.93. The van der Waals surface area contributed by atoms with Crippen molar-refractivity contribution in [2.45, 2.75) is 0 Å². The maximum atomic E-state index is 11.2. The summed E-state index contributed by atoms with van der Waals surface area (Å²) in [5.41, 5.74) is 0.182. The molecular formula is C8H10N2O5S. The molecule has 1 rings (SSSR count). The number of hydrogen-bond donors (Lipinski definition) is 2. The van der Waals surface area contributed by atoms with E-state index in [0.717, 1.165) is 0 Å². The van der Waals surface area contributed by atoms with Crippen LogP contribution < -0.4 is 9.46 Å². The van der Waals surface area contributed by atoms with Gasteiger partial charge in [-0.1, -0.05) is 0 Å². The lowest BCUT2D eigenvalue weighted by atomic mass is 10.4. The average Bonchev–Trinajstić information content (AvgIpc) is 2.16. The fourth-order valence-electron chi connectivity index (χ4n) is 0.940. The molecule has 0 atom stereocenters. The fraction of sp³-hybridized carbons (Fsp3) is 0.250. The number of pyridine rings is 1. The zero-order valence-electron chi connectivity index (χ0n) is 8.37. The van der Waals surface area contributed by atoms with Crippen molar-refractivity contribution in [1.82, 2.24) is 4.98 Å². The largest absolute Gasteiger partial charge is 0.481 e. The van der Waals surface area contributed by atoms with E-state index in [1.165, 1.54) is 25.4 Å². The van der Waals surface area contributed by atoms with Crippen LogP contribution in [0.15, 0.2) is 18.3 Å². The van der Waals surface area contributed by atoms with Gasteiger partial charge in [0.2, 0.25) is 15.9 Å². The summed E-state index contributed by atoms with van der Waals surface area (Å²) in [7, 11) is -2.46. The monoisotopic (exact) mass is 246 g/mol. The van der Waals surface area contributed by atoms with E-state index in [-0.39, 0.29) is 5.69 Å². The van der Waals surface area contributed by atoms with E-state index in [4.69, 9.17) is 9.84 Å². The van der Waals surface area contributed by atoms with Crippen LogP contribution >= 0.6 is 0 Å². The van der Waals surface area contributed by atoms with Crippen molar-refractivity contribution in [3.63, 3.8) is 0 Å². The number of nitrogens with one attached hydrogen (secondary N) is 1. The van der Waals surface area contributed by atoms with Crippen LogP contribution in [0.4, 0.5) is 5.69 Å². The second kappa shape index (κ2) is 4.79. The Morgan fingerprint density at radius 3 is 2.69 bits per heavy atom. The SMILES string of the molecule is COc1ccc(NS(=O)(=O)CC(=O)O)cn1. The van der Waals surface area contributed by atoms with Gasteiger partial charge in [0, 0.05) is 6.07 Å². The first-order valence-electron chi connectivity index (χ1n) is 4.15. The molecule has 0 saturated carbocycles. The number of rotatable bonds is 5. The van der Waals surface area contributed by atoms with Crippen LogP contribution in [-0.2, 0) is 14.8 Å². The van der Waals surface area contributed by atoms with Gasteiger partial charge in [-0.2, -0.15) is 0 Å². The van der Waals surface area contributed by atoms with Crippen LogP contribution in [0.1, 0.15) is 0 Å². The molecule has 0 bridgehead atoms. The fourth-order valence-corrected chi connectivity index (χ4v) is 1.82. The van der Waals surface area contributed by atoms with Crippen LogP contribution in [-0.4, -0.2) is 37.3 Å². The van der Waals surface area contributed by atoms with Crippen molar-refractivity contribution in [3.05, 3.63) is 18.3 Å². The summed E-state index contributed by atoms with van der Waals surface area (Å²) in [5.74, 6) is -2.07. The number of sulfonamides is 1. The maximum absolute atomic E-state index is 11.2. The molecule has 16 heavy (non-hydrogen) atoms. The Morgan fingerprint density at radius 1 is 1.56 bits per heavy atom. The number of nitrogens with zero attached hydrogens (tertiary/aromatic N) is 1. The summed E-state index contributed by atoms with van der Waals surface area (Å²) in [6, 6.07) is 2.88. The number of carboxylic acid groups (broad SMARTS) is 1. The highest BCUT2D eigenvalue weighted by atomic mass is 32.2. The Labute approximate surface area is 92.1 Å². The normalized spacial score (nSPS) is 10.8. The van der Waals surface area contributed by atoms with E-state index in [0.29, 0.717) is 5.88 Å². The van der Waals surface area contributed by atoms with E-state index < -0.39 is 21.7 Å². The van der Waals surface area contributed by atoms with Crippen LogP contribution in [0.5, 0.6) is 5.88 Å². The number of methoxy groups -OCH3 is 1. The molecule has 0 aliphatic heterocycles. The molecule has 0 aromatic carbocycles. The molecule has 0 saturated heterocycles. The summed E-state index contributed by atoms with van der Waals surface area (Å²) in [4.78, 5) is 14.0. The van der Waals surface area contributed by atoms with E-state index in [1.807, 2.05) is 0 Å². The van der Waals surface area contributed by atoms with Crippen LogP contribution in [0.3, 0.4) is 0 Å². The molecular weight excluding hydrogens is 236 g/mol. The smallest absolute Gasteiger partial charge is 0.320 e. The van der Waals surface area contributed by atoms with E-state index in [2.05, 4.69) is 9.71 Å². The predicted octanol–water partition coefficient (Wildman–Crippen LogP) is -0.0835. The van der Waals surface area contributed by atoms with Gasteiger partial charge in [-0.3, -0.25) is 9.52 Å².